The van der Waals surface area contributed by atoms with E-state index in [4.69, 9.17) is 5.11 Å². The van der Waals surface area contributed by atoms with Crippen LogP contribution in [0.3, 0.4) is 0 Å². The lowest BCUT2D eigenvalue weighted by molar-refractivity contribution is -0.136. The van der Waals surface area contributed by atoms with Gasteiger partial charge in [0.15, 0.2) is 5.13 Å². The van der Waals surface area contributed by atoms with Crippen molar-refractivity contribution in [3.63, 3.8) is 0 Å². The predicted molar refractivity (Wildman–Crippen MR) is 127 cm³/mol. The first-order valence-corrected chi connectivity index (χ1v) is 11.9. The van der Waals surface area contributed by atoms with Crippen molar-refractivity contribution in [2.24, 2.45) is 0 Å². The first-order chi connectivity index (χ1) is 15.0. The Balaban J connectivity index is 1.55. The number of carboxylic acid groups (broad SMARTS) is 1. The van der Waals surface area contributed by atoms with Gasteiger partial charge in [-0.15, -0.1) is 23.1 Å². The van der Waals surface area contributed by atoms with Crippen molar-refractivity contribution < 1.29 is 14.7 Å². The van der Waals surface area contributed by atoms with Crippen LogP contribution in [0.2, 0.25) is 0 Å². The predicted octanol–water partition coefficient (Wildman–Crippen LogP) is 5.53. The van der Waals surface area contributed by atoms with Gasteiger partial charge in [0.05, 0.1) is 12.1 Å². The summed E-state index contributed by atoms with van der Waals surface area (Å²) >= 11 is 3.08. The van der Waals surface area contributed by atoms with Gasteiger partial charge in [0.2, 0.25) is 0 Å². The van der Waals surface area contributed by atoms with E-state index in [0.717, 1.165) is 17.0 Å². The highest BCUT2D eigenvalue weighted by molar-refractivity contribution is 7.99. The summed E-state index contributed by atoms with van der Waals surface area (Å²) in [4.78, 5) is 28.5. The molecule has 1 heterocycles. The number of carboxylic acids is 1. The summed E-state index contributed by atoms with van der Waals surface area (Å²) in [5.74, 6) is -0.112. The van der Waals surface area contributed by atoms with Crippen LogP contribution in [0.15, 0.2) is 58.8 Å². The summed E-state index contributed by atoms with van der Waals surface area (Å²) in [6.45, 7) is 2.86. The number of para-hydroxylation sites is 1. The van der Waals surface area contributed by atoms with Crippen molar-refractivity contribution in [1.29, 1.82) is 0 Å². The first kappa shape index (κ1) is 22.8. The van der Waals surface area contributed by atoms with Gasteiger partial charge >= 0.3 is 5.97 Å². The molecular formula is C23H25N3O3S2. The molecule has 0 atom stereocenters. The Labute approximate surface area is 190 Å². The summed E-state index contributed by atoms with van der Waals surface area (Å²) in [6.07, 6.45) is 2.23. The molecule has 1 aromatic heterocycles. The van der Waals surface area contributed by atoms with Gasteiger partial charge in [-0.3, -0.25) is 14.9 Å². The average Bonchev–Trinajstić information content (AvgIpc) is 3.19. The molecule has 6 nitrogen and oxygen atoms in total. The fourth-order valence-electron chi connectivity index (χ4n) is 2.81. The van der Waals surface area contributed by atoms with Crippen LogP contribution in [0.4, 0.5) is 10.8 Å². The topological polar surface area (TPSA) is 91.3 Å². The fraction of sp³-hybridized carbons (Fsp3) is 0.261. The number of nitrogens with zero attached hydrogens (tertiary/aromatic N) is 1. The minimum Gasteiger partial charge on any atom is -0.481 e. The van der Waals surface area contributed by atoms with E-state index < -0.39 is 5.97 Å². The van der Waals surface area contributed by atoms with E-state index in [2.05, 4.69) is 40.7 Å². The molecule has 0 aliphatic carbocycles. The molecule has 31 heavy (non-hydrogen) atoms. The molecule has 1 amide bonds. The molecule has 8 heteroatoms. The Morgan fingerprint density at radius 1 is 1.13 bits per heavy atom. The van der Waals surface area contributed by atoms with E-state index in [1.165, 1.54) is 29.1 Å². The lowest BCUT2D eigenvalue weighted by Crippen LogP contribution is -2.12. The molecule has 3 N–H and O–H groups in total. The van der Waals surface area contributed by atoms with Crippen LogP contribution >= 0.6 is 23.1 Å². The number of thioether (sulfide) groups is 1. The van der Waals surface area contributed by atoms with Gasteiger partial charge in [0.1, 0.15) is 0 Å². The highest BCUT2D eigenvalue weighted by Crippen LogP contribution is 2.28. The molecule has 0 fully saturated rings. The Morgan fingerprint density at radius 2 is 1.90 bits per heavy atom. The van der Waals surface area contributed by atoms with Gasteiger partial charge in [-0.25, -0.2) is 4.98 Å². The van der Waals surface area contributed by atoms with Crippen LogP contribution in [0.5, 0.6) is 0 Å². The van der Waals surface area contributed by atoms with E-state index in [9.17, 15) is 9.59 Å². The minimum atomic E-state index is -0.949. The summed E-state index contributed by atoms with van der Waals surface area (Å²) in [5, 5.41) is 17.0. The fourth-order valence-corrected chi connectivity index (χ4v) is 4.63. The number of amides is 1. The van der Waals surface area contributed by atoms with Crippen LogP contribution in [-0.4, -0.2) is 27.7 Å². The summed E-state index contributed by atoms with van der Waals surface area (Å²) in [6, 6.07) is 15.7. The average molecular weight is 456 g/mol. The van der Waals surface area contributed by atoms with Crippen molar-refractivity contribution in [1.82, 2.24) is 4.98 Å². The number of carbonyl (C=O) groups excluding carboxylic acids is 1. The van der Waals surface area contributed by atoms with Crippen LogP contribution in [0.25, 0.3) is 0 Å². The van der Waals surface area contributed by atoms with Gasteiger partial charge in [-0.1, -0.05) is 37.6 Å². The van der Waals surface area contributed by atoms with Crippen molar-refractivity contribution >= 4 is 45.8 Å². The minimum absolute atomic E-state index is 0.158. The maximum absolute atomic E-state index is 12.4. The van der Waals surface area contributed by atoms with Crippen molar-refractivity contribution in [3.8, 4) is 0 Å². The standard InChI is InChI=1S/C23H25N3O3S2/c1-2-3-12-30-20-7-5-4-6-19(20)24-14-16-8-10-17(11-9-16)22(29)26-23-25-18(15-31-23)13-21(27)28/h4-11,15,24H,2-3,12-14H2,1H3,(H,27,28)(H,25,26,29). The van der Waals surface area contributed by atoms with Crippen LogP contribution in [0.1, 0.15) is 41.4 Å². The molecule has 0 bridgehead atoms. The van der Waals surface area contributed by atoms with Gasteiger partial charge in [0.25, 0.3) is 5.91 Å². The molecule has 0 aliphatic rings. The number of hydrogen-bond donors (Lipinski definition) is 3. The maximum Gasteiger partial charge on any atom is 0.309 e. The number of anilines is 2. The van der Waals surface area contributed by atoms with E-state index in [1.54, 1.807) is 17.5 Å². The highest BCUT2D eigenvalue weighted by atomic mass is 32.2. The van der Waals surface area contributed by atoms with Gasteiger partial charge in [-0.05, 0) is 42.0 Å². The summed E-state index contributed by atoms with van der Waals surface area (Å²) in [7, 11) is 0. The zero-order chi connectivity index (χ0) is 22.1. The first-order valence-electron chi connectivity index (χ1n) is 10.1. The van der Waals surface area contributed by atoms with E-state index >= 15 is 0 Å². The normalized spacial score (nSPS) is 10.6. The number of unbranched alkanes of at least 4 members (excludes halogenated alkanes) is 1. The van der Waals surface area contributed by atoms with E-state index in [0.29, 0.717) is 22.9 Å². The second-order valence-electron chi connectivity index (χ2n) is 6.92. The summed E-state index contributed by atoms with van der Waals surface area (Å²) < 4.78 is 0. The number of rotatable bonds is 11. The zero-order valence-electron chi connectivity index (χ0n) is 17.3. The Kier molecular flexibility index (Phi) is 8.49. The van der Waals surface area contributed by atoms with E-state index in [-0.39, 0.29) is 12.3 Å². The highest BCUT2D eigenvalue weighted by Gasteiger charge is 2.11. The lowest BCUT2D eigenvalue weighted by Gasteiger charge is -2.12. The van der Waals surface area contributed by atoms with Crippen molar-refractivity contribution in [2.45, 2.75) is 37.6 Å². The molecule has 0 aliphatic heterocycles. The van der Waals surface area contributed by atoms with Gasteiger partial charge in [0, 0.05) is 28.1 Å². The third kappa shape index (κ3) is 7.11. The monoisotopic (exact) mass is 455 g/mol. The van der Waals surface area contributed by atoms with Crippen LogP contribution in [-0.2, 0) is 17.8 Å². The van der Waals surface area contributed by atoms with E-state index in [1.807, 2.05) is 30.0 Å². The molecule has 0 radical (unpaired) electrons. The smallest absolute Gasteiger partial charge is 0.309 e. The number of benzene rings is 2. The molecule has 0 saturated carbocycles. The number of carbonyl (C=O) groups is 2. The quantitative estimate of drug-likeness (QED) is 0.260. The Morgan fingerprint density at radius 3 is 2.65 bits per heavy atom. The largest absolute Gasteiger partial charge is 0.481 e. The summed E-state index contributed by atoms with van der Waals surface area (Å²) in [5.41, 5.74) is 3.14. The maximum atomic E-state index is 12.4. The second kappa shape index (κ2) is 11.5. The number of aliphatic carboxylic acids is 1. The molecule has 0 saturated heterocycles. The molecule has 0 unspecified atom stereocenters. The molecule has 0 spiro atoms. The molecule has 162 valence electrons. The van der Waals surface area contributed by atoms with Gasteiger partial charge < -0.3 is 10.4 Å². The third-order valence-electron chi connectivity index (χ3n) is 4.45. The number of nitrogens with one attached hydrogen (secondary N) is 2. The Bertz CT molecular complexity index is 1020. The molecular weight excluding hydrogens is 430 g/mol. The molecule has 3 rings (SSSR count). The molecule has 3 aromatic rings. The number of hydrogen-bond acceptors (Lipinski definition) is 6. The number of aromatic nitrogens is 1. The van der Waals surface area contributed by atoms with Crippen LogP contribution < -0.4 is 10.6 Å². The zero-order valence-corrected chi connectivity index (χ0v) is 18.9. The second-order valence-corrected chi connectivity index (χ2v) is 8.91. The lowest BCUT2D eigenvalue weighted by atomic mass is 10.1. The van der Waals surface area contributed by atoms with Crippen molar-refractivity contribution in [2.75, 3.05) is 16.4 Å². The number of thiazole rings is 1. The molecule has 2 aromatic carbocycles. The van der Waals surface area contributed by atoms with Crippen molar-refractivity contribution in [3.05, 3.63) is 70.7 Å². The van der Waals surface area contributed by atoms with Gasteiger partial charge in [-0.2, -0.15) is 0 Å². The Hall–Kier alpha value is -2.84. The SMILES string of the molecule is CCCCSc1ccccc1NCc1ccc(C(=O)Nc2nc(CC(=O)O)cs2)cc1. The third-order valence-corrected chi connectivity index (χ3v) is 6.41. The van der Waals surface area contributed by atoms with Crippen LogP contribution in [0, 0.1) is 0 Å².